The summed E-state index contributed by atoms with van der Waals surface area (Å²) in [6, 6.07) is 12.5. The molecule has 1 aromatic heterocycles. The lowest BCUT2D eigenvalue weighted by Gasteiger charge is -2.16. The highest BCUT2D eigenvalue weighted by molar-refractivity contribution is 5.67. The Morgan fingerprint density at radius 1 is 0.889 bits per heavy atom. The molecule has 7 heteroatoms. The highest BCUT2D eigenvalue weighted by Gasteiger charge is 2.10. The maximum atomic E-state index is 13.9. The second-order valence-electron chi connectivity index (χ2n) is 6.22. The van der Waals surface area contributed by atoms with E-state index in [0.29, 0.717) is 23.2 Å². The summed E-state index contributed by atoms with van der Waals surface area (Å²) in [5.74, 6) is 0.762. The molecule has 0 unspecified atom stereocenters. The fraction of sp³-hybridized carbons (Fsp3) is 0.200. The fourth-order valence-electron chi connectivity index (χ4n) is 2.49. The Morgan fingerprint density at radius 2 is 1.56 bits per heavy atom. The lowest BCUT2D eigenvalue weighted by molar-refractivity contribution is 0.244. The first-order valence-corrected chi connectivity index (χ1v) is 8.51. The molecular formula is C20H20F2N4O. The van der Waals surface area contributed by atoms with Crippen LogP contribution >= 0.6 is 0 Å². The van der Waals surface area contributed by atoms with E-state index >= 15 is 0 Å². The summed E-state index contributed by atoms with van der Waals surface area (Å²) in [7, 11) is 0. The molecule has 0 radical (unpaired) electrons. The number of benzene rings is 2. The summed E-state index contributed by atoms with van der Waals surface area (Å²) < 4.78 is 32.7. The molecule has 0 atom stereocenters. The van der Waals surface area contributed by atoms with Crippen LogP contribution in [0.1, 0.15) is 19.7 Å². The number of ether oxygens (including phenoxy) is 1. The molecule has 3 aromatic rings. The minimum absolute atomic E-state index is 0.0266. The van der Waals surface area contributed by atoms with Crippen molar-refractivity contribution >= 4 is 23.0 Å². The van der Waals surface area contributed by atoms with E-state index in [0.717, 1.165) is 11.8 Å². The van der Waals surface area contributed by atoms with E-state index in [2.05, 4.69) is 20.6 Å². The maximum absolute atomic E-state index is 13.9. The average molecular weight is 370 g/mol. The Kier molecular flexibility index (Phi) is 5.49. The fourth-order valence-corrected chi connectivity index (χ4v) is 2.49. The van der Waals surface area contributed by atoms with E-state index in [4.69, 9.17) is 4.74 Å². The summed E-state index contributed by atoms with van der Waals surface area (Å²) >= 11 is 0. The van der Waals surface area contributed by atoms with Crippen LogP contribution in [-0.4, -0.2) is 16.1 Å². The number of hydrogen-bond acceptors (Lipinski definition) is 5. The SMILES string of the molecule is Cc1nc(Nc2ccc(F)cc2F)cc(Nc2ccccc2OC(C)C)n1. The summed E-state index contributed by atoms with van der Waals surface area (Å²) in [5, 5.41) is 6.05. The molecule has 2 N–H and O–H groups in total. The van der Waals surface area contributed by atoms with E-state index in [1.54, 1.807) is 13.0 Å². The molecule has 0 aliphatic rings. The number of halogens is 2. The van der Waals surface area contributed by atoms with Crippen molar-refractivity contribution in [2.75, 3.05) is 10.6 Å². The van der Waals surface area contributed by atoms with Gasteiger partial charge in [-0.15, -0.1) is 0 Å². The van der Waals surface area contributed by atoms with Crippen molar-refractivity contribution < 1.29 is 13.5 Å². The smallest absolute Gasteiger partial charge is 0.149 e. The Hall–Kier alpha value is -3.22. The third kappa shape index (κ3) is 4.91. The summed E-state index contributed by atoms with van der Waals surface area (Å²) in [5.41, 5.74) is 0.882. The first-order valence-electron chi connectivity index (χ1n) is 8.51. The van der Waals surface area contributed by atoms with Gasteiger partial charge in [-0.3, -0.25) is 0 Å². The molecule has 1 heterocycles. The van der Waals surface area contributed by atoms with Crippen LogP contribution in [0.5, 0.6) is 5.75 Å². The number of hydrogen-bond donors (Lipinski definition) is 2. The van der Waals surface area contributed by atoms with Crippen LogP contribution in [0.4, 0.5) is 31.8 Å². The molecule has 0 aliphatic carbocycles. The summed E-state index contributed by atoms with van der Waals surface area (Å²) in [6.07, 6.45) is 0.0266. The second-order valence-corrected chi connectivity index (χ2v) is 6.22. The highest BCUT2D eigenvalue weighted by Crippen LogP contribution is 2.29. The molecule has 0 aliphatic heterocycles. The molecule has 0 spiro atoms. The third-order valence-corrected chi connectivity index (χ3v) is 3.54. The predicted octanol–water partition coefficient (Wildman–Crippen LogP) is 5.34. The van der Waals surface area contributed by atoms with Gasteiger partial charge in [-0.2, -0.15) is 0 Å². The first kappa shape index (κ1) is 18.6. The van der Waals surface area contributed by atoms with E-state index in [-0.39, 0.29) is 11.8 Å². The van der Waals surface area contributed by atoms with Crippen LogP contribution in [0, 0.1) is 18.6 Å². The van der Waals surface area contributed by atoms with Crippen molar-refractivity contribution in [1.29, 1.82) is 0 Å². The molecular weight excluding hydrogens is 350 g/mol. The normalized spacial score (nSPS) is 10.7. The van der Waals surface area contributed by atoms with E-state index in [1.165, 1.54) is 12.1 Å². The number of para-hydroxylation sites is 2. The lowest BCUT2D eigenvalue weighted by Crippen LogP contribution is -2.08. The van der Waals surface area contributed by atoms with Crippen LogP contribution in [0.25, 0.3) is 0 Å². The van der Waals surface area contributed by atoms with Gasteiger partial charge in [0.05, 0.1) is 17.5 Å². The lowest BCUT2D eigenvalue weighted by atomic mass is 10.2. The van der Waals surface area contributed by atoms with Crippen LogP contribution < -0.4 is 15.4 Å². The molecule has 5 nitrogen and oxygen atoms in total. The van der Waals surface area contributed by atoms with E-state index < -0.39 is 11.6 Å². The predicted molar refractivity (Wildman–Crippen MR) is 102 cm³/mol. The van der Waals surface area contributed by atoms with Gasteiger partial charge in [0.25, 0.3) is 0 Å². The first-order chi connectivity index (χ1) is 12.9. The topological polar surface area (TPSA) is 59.1 Å². The number of anilines is 4. The van der Waals surface area contributed by atoms with Gasteiger partial charge in [0.2, 0.25) is 0 Å². The monoisotopic (exact) mass is 370 g/mol. The molecule has 0 amide bonds. The van der Waals surface area contributed by atoms with Crippen LogP contribution in [0.3, 0.4) is 0 Å². The van der Waals surface area contributed by atoms with Crippen molar-refractivity contribution in [1.82, 2.24) is 9.97 Å². The van der Waals surface area contributed by atoms with E-state index in [1.807, 2.05) is 38.1 Å². The van der Waals surface area contributed by atoms with Crippen molar-refractivity contribution in [3.8, 4) is 5.75 Å². The zero-order valence-electron chi connectivity index (χ0n) is 15.3. The molecule has 140 valence electrons. The Morgan fingerprint density at radius 3 is 2.22 bits per heavy atom. The van der Waals surface area contributed by atoms with Crippen molar-refractivity contribution in [2.24, 2.45) is 0 Å². The maximum Gasteiger partial charge on any atom is 0.149 e. The van der Waals surface area contributed by atoms with Gasteiger partial charge in [-0.25, -0.2) is 18.7 Å². The largest absolute Gasteiger partial charge is 0.489 e. The third-order valence-electron chi connectivity index (χ3n) is 3.54. The number of nitrogens with one attached hydrogen (secondary N) is 2. The van der Waals surface area contributed by atoms with Gasteiger partial charge in [-0.05, 0) is 45.0 Å². The van der Waals surface area contributed by atoms with Crippen molar-refractivity contribution in [3.63, 3.8) is 0 Å². The quantitative estimate of drug-likeness (QED) is 0.613. The second kappa shape index (κ2) is 7.99. The standard InChI is InChI=1S/C20H20F2N4O/c1-12(2)27-18-7-5-4-6-17(18)26-20-11-19(23-13(3)24-20)25-16-9-8-14(21)10-15(16)22/h4-12H,1-3H3,(H2,23,24,25,26). The number of aromatic nitrogens is 2. The summed E-state index contributed by atoms with van der Waals surface area (Å²) in [6.45, 7) is 5.63. The van der Waals surface area contributed by atoms with Gasteiger partial charge >= 0.3 is 0 Å². The molecule has 27 heavy (non-hydrogen) atoms. The molecule has 2 aromatic carbocycles. The number of aryl methyl sites for hydroxylation is 1. The summed E-state index contributed by atoms with van der Waals surface area (Å²) in [4.78, 5) is 8.61. The molecule has 0 saturated carbocycles. The van der Waals surface area contributed by atoms with Gasteiger partial charge in [0.15, 0.2) is 0 Å². The molecule has 3 rings (SSSR count). The van der Waals surface area contributed by atoms with Gasteiger partial charge in [-0.1, -0.05) is 12.1 Å². The number of rotatable bonds is 6. The minimum atomic E-state index is -0.698. The van der Waals surface area contributed by atoms with Crippen molar-refractivity contribution in [3.05, 3.63) is 66.0 Å². The van der Waals surface area contributed by atoms with Crippen LogP contribution in [0.2, 0.25) is 0 Å². The van der Waals surface area contributed by atoms with Crippen molar-refractivity contribution in [2.45, 2.75) is 26.9 Å². The molecule has 0 saturated heterocycles. The Balaban J connectivity index is 1.86. The van der Waals surface area contributed by atoms with E-state index in [9.17, 15) is 8.78 Å². The Bertz CT molecular complexity index is 947. The van der Waals surface area contributed by atoms with Gasteiger partial charge in [0, 0.05) is 12.1 Å². The Labute approximate surface area is 156 Å². The van der Waals surface area contributed by atoms with Gasteiger partial charge < -0.3 is 15.4 Å². The van der Waals surface area contributed by atoms with Crippen LogP contribution in [-0.2, 0) is 0 Å². The zero-order valence-corrected chi connectivity index (χ0v) is 15.3. The zero-order chi connectivity index (χ0) is 19.4. The minimum Gasteiger partial charge on any atom is -0.489 e. The molecule has 0 fully saturated rings. The van der Waals surface area contributed by atoms with Crippen LogP contribution in [0.15, 0.2) is 48.5 Å². The number of nitrogens with zero attached hydrogens (tertiary/aromatic N) is 2. The highest BCUT2D eigenvalue weighted by atomic mass is 19.1. The average Bonchev–Trinajstić information content (AvgIpc) is 2.58. The van der Waals surface area contributed by atoms with Gasteiger partial charge in [0.1, 0.15) is 34.8 Å². The molecule has 0 bridgehead atoms.